The molecule has 0 spiro atoms. The van der Waals surface area contributed by atoms with Gasteiger partial charge in [-0.2, -0.15) is 4.98 Å². The number of carbonyl (C=O) groups excluding carboxylic acids is 1. The quantitative estimate of drug-likeness (QED) is 0.702. The van der Waals surface area contributed by atoms with E-state index >= 15 is 0 Å². The highest BCUT2D eigenvalue weighted by molar-refractivity contribution is 5.90. The van der Waals surface area contributed by atoms with E-state index in [-0.39, 0.29) is 12.1 Å². The summed E-state index contributed by atoms with van der Waals surface area (Å²) in [5.41, 5.74) is 3.88. The number of amides is 2. The lowest BCUT2D eigenvalue weighted by atomic mass is 10.1. The second-order valence-corrected chi connectivity index (χ2v) is 6.96. The van der Waals surface area contributed by atoms with E-state index in [4.69, 9.17) is 4.74 Å². The van der Waals surface area contributed by atoms with Gasteiger partial charge in [0.15, 0.2) is 5.65 Å². The van der Waals surface area contributed by atoms with Crippen molar-refractivity contribution in [3.8, 4) is 11.1 Å². The lowest BCUT2D eigenvalue weighted by molar-refractivity contribution is 0.111. The Labute approximate surface area is 168 Å². The number of hydrogen-bond acceptors (Lipinski definition) is 7. The number of aryl methyl sites for hydroxylation is 1. The monoisotopic (exact) mass is 393 g/mol. The predicted octanol–water partition coefficient (Wildman–Crippen LogP) is 2.69. The third kappa shape index (κ3) is 3.95. The highest BCUT2D eigenvalue weighted by Gasteiger charge is 2.26. The third-order valence-corrected chi connectivity index (χ3v) is 5.07. The topological polar surface area (TPSA) is 105 Å². The zero-order valence-electron chi connectivity index (χ0n) is 16.6. The van der Waals surface area contributed by atoms with Crippen molar-refractivity contribution < 1.29 is 9.53 Å². The molecule has 3 aromatic rings. The molecule has 1 atom stereocenters. The smallest absolute Gasteiger partial charge is 0.321 e. The van der Waals surface area contributed by atoms with Crippen molar-refractivity contribution in [1.29, 1.82) is 0 Å². The summed E-state index contributed by atoms with van der Waals surface area (Å²) in [5, 5.41) is 6.67. The average molecular weight is 393 g/mol. The number of urea groups is 1. The SMILES string of the molecule is CNc1ncc2cc(-c3cc(NC(=O)N4CC[C@H](OC)C4)cnc3C)cnc2n1. The molecule has 4 rings (SSSR count). The molecular formula is C20H23N7O2. The van der Waals surface area contributed by atoms with E-state index in [1.807, 2.05) is 19.1 Å². The molecule has 9 nitrogen and oxygen atoms in total. The molecule has 3 aromatic heterocycles. The predicted molar refractivity (Wildman–Crippen MR) is 111 cm³/mol. The van der Waals surface area contributed by atoms with Crippen molar-refractivity contribution in [2.75, 3.05) is 37.9 Å². The van der Waals surface area contributed by atoms with Crippen LogP contribution in [-0.2, 0) is 4.74 Å². The molecule has 29 heavy (non-hydrogen) atoms. The van der Waals surface area contributed by atoms with Gasteiger partial charge in [0.25, 0.3) is 0 Å². The minimum atomic E-state index is -0.147. The Bertz CT molecular complexity index is 1060. The highest BCUT2D eigenvalue weighted by Crippen LogP contribution is 2.27. The maximum absolute atomic E-state index is 12.5. The van der Waals surface area contributed by atoms with Gasteiger partial charge in [-0.3, -0.25) is 4.98 Å². The Morgan fingerprint density at radius 3 is 2.83 bits per heavy atom. The van der Waals surface area contributed by atoms with Gasteiger partial charge >= 0.3 is 6.03 Å². The van der Waals surface area contributed by atoms with Crippen LogP contribution in [0.4, 0.5) is 16.4 Å². The van der Waals surface area contributed by atoms with Crippen molar-refractivity contribution in [1.82, 2.24) is 24.8 Å². The van der Waals surface area contributed by atoms with E-state index < -0.39 is 0 Å². The van der Waals surface area contributed by atoms with Crippen LogP contribution < -0.4 is 10.6 Å². The Morgan fingerprint density at radius 1 is 1.21 bits per heavy atom. The molecule has 1 fully saturated rings. The normalized spacial score (nSPS) is 16.2. The summed E-state index contributed by atoms with van der Waals surface area (Å²) in [6, 6.07) is 3.74. The summed E-state index contributed by atoms with van der Waals surface area (Å²) in [6.45, 7) is 3.20. The zero-order valence-corrected chi connectivity index (χ0v) is 16.6. The molecule has 0 radical (unpaired) electrons. The summed E-state index contributed by atoms with van der Waals surface area (Å²) in [5.74, 6) is 0.526. The molecule has 0 unspecified atom stereocenters. The number of anilines is 2. The van der Waals surface area contributed by atoms with E-state index in [0.717, 1.165) is 28.6 Å². The molecule has 0 aliphatic carbocycles. The van der Waals surface area contributed by atoms with E-state index in [2.05, 4.69) is 30.6 Å². The van der Waals surface area contributed by atoms with Crippen molar-refractivity contribution in [2.45, 2.75) is 19.4 Å². The lowest BCUT2D eigenvalue weighted by Gasteiger charge is -2.17. The minimum Gasteiger partial charge on any atom is -0.380 e. The molecule has 0 saturated carbocycles. The largest absolute Gasteiger partial charge is 0.380 e. The molecule has 0 bridgehead atoms. The van der Waals surface area contributed by atoms with Gasteiger partial charge in [0, 0.05) is 61.8 Å². The fourth-order valence-electron chi connectivity index (χ4n) is 3.39. The second-order valence-electron chi connectivity index (χ2n) is 6.96. The number of hydrogen-bond donors (Lipinski definition) is 2. The Balaban J connectivity index is 1.58. The molecule has 9 heteroatoms. The lowest BCUT2D eigenvalue weighted by Crippen LogP contribution is -2.33. The van der Waals surface area contributed by atoms with Crippen LogP contribution in [0.1, 0.15) is 12.1 Å². The van der Waals surface area contributed by atoms with Crippen LogP contribution in [0.2, 0.25) is 0 Å². The molecular weight excluding hydrogens is 370 g/mol. The first-order valence-electron chi connectivity index (χ1n) is 9.43. The third-order valence-electron chi connectivity index (χ3n) is 5.07. The van der Waals surface area contributed by atoms with Gasteiger partial charge in [0.05, 0.1) is 18.0 Å². The second kappa shape index (κ2) is 7.96. The standard InChI is InChI=1S/C20H23N7O2/c1-12-17(13-6-14-9-24-19(21-2)26-18(14)23-8-13)7-15(10-22-12)25-20(28)27-5-4-16(11-27)29-3/h6-10,16H,4-5,11H2,1-3H3,(H,25,28)(H,21,23,24,26)/t16-/m0/s1. The van der Waals surface area contributed by atoms with Crippen LogP contribution in [0.5, 0.6) is 0 Å². The number of methoxy groups -OCH3 is 1. The number of aromatic nitrogens is 4. The van der Waals surface area contributed by atoms with E-state index in [0.29, 0.717) is 30.4 Å². The van der Waals surface area contributed by atoms with Crippen LogP contribution in [0.25, 0.3) is 22.2 Å². The van der Waals surface area contributed by atoms with Crippen LogP contribution in [0.3, 0.4) is 0 Å². The van der Waals surface area contributed by atoms with Crippen LogP contribution in [-0.4, -0.2) is 64.2 Å². The molecule has 2 N–H and O–H groups in total. The molecule has 1 saturated heterocycles. The van der Waals surface area contributed by atoms with Gasteiger partial charge in [0.2, 0.25) is 5.95 Å². The number of rotatable bonds is 4. The number of nitrogens with zero attached hydrogens (tertiary/aromatic N) is 5. The van der Waals surface area contributed by atoms with Gasteiger partial charge in [-0.15, -0.1) is 0 Å². The Morgan fingerprint density at radius 2 is 2.07 bits per heavy atom. The Hall–Kier alpha value is -3.33. The minimum absolute atomic E-state index is 0.0989. The molecule has 150 valence electrons. The molecule has 1 aliphatic rings. The van der Waals surface area contributed by atoms with Crippen LogP contribution in [0.15, 0.2) is 30.7 Å². The van der Waals surface area contributed by atoms with Crippen molar-refractivity contribution >= 4 is 28.7 Å². The molecule has 4 heterocycles. The van der Waals surface area contributed by atoms with Gasteiger partial charge in [-0.05, 0) is 25.5 Å². The first-order valence-corrected chi connectivity index (χ1v) is 9.43. The average Bonchev–Trinajstić information content (AvgIpc) is 3.24. The van der Waals surface area contributed by atoms with Crippen LogP contribution in [0, 0.1) is 6.92 Å². The summed E-state index contributed by atoms with van der Waals surface area (Å²) < 4.78 is 5.33. The summed E-state index contributed by atoms with van der Waals surface area (Å²) in [4.78, 5) is 31.8. The fraction of sp³-hybridized carbons (Fsp3) is 0.350. The van der Waals surface area contributed by atoms with Crippen molar-refractivity contribution in [2.24, 2.45) is 0 Å². The number of likely N-dealkylation sites (tertiary alicyclic amines) is 1. The summed E-state index contributed by atoms with van der Waals surface area (Å²) >= 11 is 0. The van der Waals surface area contributed by atoms with Gasteiger partial charge < -0.3 is 20.3 Å². The van der Waals surface area contributed by atoms with Crippen molar-refractivity contribution in [3.05, 3.63) is 36.4 Å². The van der Waals surface area contributed by atoms with Gasteiger partial charge in [-0.25, -0.2) is 14.8 Å². The number of pyridine rings is 2. The number of carbonyl (C=O) groups is 1. The summed E-state index contributed by atoms with van der Waals surface area (Å²) in [6.07, 6.45) is 6.10. The van der Waals surface area contributed by atoms with Crippen LogP contribution >= 0.6 is 0 Å². The number of nitrogens with one attached hydrogen (secondary N) is 2. The Kier molecular flexibility index (Phi) is 5.22. The maximum atomic E-state index is 12.5. The highest BCUT2D eigenvalue weighted by atomic mass is 16.5. The molecule has 2 amide bonds. The number of fused-ring (bicyclic) bond motifs is 1. The molecule has 1 aliphatic heterocycles. The van der Waals surface area contributed by atoms with E-state index in [1.54, 1.807) is 37.6 Å². The number of ether oxygens (including phenoxy) is 1. The first kappa shape index (κ1) is 19.0. The van der Waals surface area contributed by atoms with Gasteiger partial charge in [-0.1, -0.05) is 0 Å². The van der Waals surface area contributed by atoms with Gasteiger partial charge in [0.1, 0.15) is 0 Å². The van der Waals surface area contributed by atoms with Crippen molar-refractivity contribution in [3.63, 3.8) is 0 Å². The van der Waals surface area contributed by atoms with E-state index in [9.17, 15) is 4.79 Å². The fourth-order valence-corrected chi connectivity index (χ4v) is 3.39. The maximum Gasteiger partial charge on any atom is 0.321 e. The first-order chi connectivity index (χ1) is 14.1. The zero-order chi connectivity index (χ0) is 20.4. The van der Waals surface area contributed by atoms with E-state index in [1.165, 1.54) is 0 Å². The summed E-state index contributed by atoms with van der Waals surface area (Å²) in [7, 11) is 3.44. The molecule has 0 aromatic carbocycles.